The van der Waals surface area contributed by atoms with Gasteiger partial charge in [-0.15, -0.1) is 0 Å². The van der Waals surface area contributed by atoms with E-state index in [9.17, 15) is 31.9 Å². The lowest BCUT2D eigenvalue weighted by atomic mass is 10.0. The van der Waals surface area contributed by atoms with Crippen LogP contribution < -0.4 is 26.2 Å². The lowest BCUT2D eigenvalue weighted by molar-refractivity contribution is -0.192. The molecular formula is C30H34F4N8O7. The first kappa shape index (κ1) is 36.4. The van der Waals surface area contributed by atoms with Gasteiger partial charge in [0.1, 0.15) is 6.17 Å². The second-order valence-corrected chi connectivity index (χ2v) is 10.7. The summed E-state index contributed by atoms with van der Waals surface area (Å²) < 4.78 is 55.5. The first-order valence-corrected chi connectivity index (χ1v) is 14.9. The molecule has 15 nitrogen and oxygen atoms in total. The number of anilines is 2. The number of H-pyrrole nitrogens is 1. The van der Waals surface area contributed by atoms with Crippen molar-refractivity contribution in [3.63, 3.8) is 0 Å². The van der Waals surface area contributed by atoms with Gasteiger partial charge >= 0.3 is 18.1 Å². The molecule has 2 atom stereocenters. The summed E-state index contributed by atoms with van der Waals surface area (Å²) in [6.45, 7) is 2.58. The van der Waals surface area contributed by atoms with E-state index in [4.69, 9.17) is 19.4 Å². The van der Waals surface area contributed by atoms with Crippen LogP contribution in [0.5, 0.6) is 0 Å². The van der Waals surface area contributed by atoms with Gasteiger partial charge in [-0.05, 0) is 29.8 Å². The molecule has 0 aliphatic carbocycles. The van der Waals surface area contributed by atoms with Gasteiger partial charge in [0.2, 0.25) is 5.91 Å². The monoisotopic (exact) mass is 694 g/mol. The highest BCUT2D eigenvalue weighted by Gasteiger charge is 2.38. The summed E-state index contributed by atoms with van der Waals surface area (Å²) in [4.78, 5) is 53.4. The summed E-state index contributed by atoms with van der Waals surface area (Å²) >= 11 is 0. The number of carboxylic acids is 1. The Hall–Kier alpha value is -5.46. The molecule has 0 spiro atoms. The van der Waals surface area contributed by atoms with E-state index in [0.29, 0.717) is 35.8 Å². The SMILES string of the molecule is COC(=O)C[C@H](NC(=O)CNC(=O)c1cc(NC2=NCC(F)CN2)c2cn[nH]c2c1)c1cccc(N2CCOCC2)c1.O=C(O)C(F)(F)F. The third kappa shape index (κ3) is 10.5. The van der Waals surface area contributed by atoms with Crippen molar-refractivity contribution in [3.05, 3.63) is 53.7 Å². The molecule has 1 fully saturated rings. The topological polar surface area (TPSA) is 199 Å². The van der Waals surface area contributed by atoms with Crippen molar-refractivity contribution >= 4 is 52.0 Å². The molecule has 2 amide bonds. The maximum absolute atomic E-state index is 13.4. The minimum Gasteiger partial charge on any atom is -0.475 e. The standard InChI is InChI=1S/C28H33FN8O5.C2HF3O2/c1-41-26(39)12-22(17-3-2-4-20(9-17)37-5-7-42-8-6-37)34-25(38)16-30-27(40)18-10-23(21-15-33-36-24(21)11-18)35-28-31-13-19(29)14-32-28;3-2(4,5)1(6)7/h2-4,9-11,15,19,22H,5-8,12-14,16H2,1H3,(H,30,40)(H,33,36)(H,34,38)(H2,31,32,35);(H,6,7)/t22-;/m0./s1. The third-order valence-electron chi connectivity index (χ3n) is 7.25. The molecule has 1 aromatic heterocycles. The van der Waals surface area contributed by atoms with Crippen LogP contribution in [-0.4, -0.2) is 110 Å². The number of aliphatic imine (C=N–C) groups is 1. The fraction of sp³-hybridized carbons (Fsp3) is 0.400. The highest BCUT2D eigenvalue weighted by molar-refractivity contribution is 6.07. The maximum Gasteiger partial charge on any atom is 0.490 e. The molecule has 3 aromatic rings. The van der Waals surface area contributed by atoms with Crippen molar-refractivity contribution in [1.82, 2.24) is 26.1 Å². The summed E-state index contributed by atoms with van der Waals surface area (Å²) in [6.07, 6.45) is -4.62. The van der Waals surface area contributed by atoms with Crippen molar-refractivity contribution < 1.29 is 51.3 Å². The number of aromatic nitrogens is 2. The van der Waals surface area contributed by atoms with Crippen LogP contribution in [0, 0.1) is 0 Å². The Morgan fingerprint density at radius 2 is 1.90 bits per heavy atom. The zero-order valence-electron chi connectivity index (χ0n) is 26.1. The molecule has 6 N–H and O–H groups in total. The number of carbonyl (C=O) groups excluding carboxylic acids is 3. The van der Waals surface area contributed by atoms with Gasteiger partial charge in [-0.1, -0.05) is 12.1 Å². The van der Waals surface area contributed by atoms with Crippen molar-refractivity contribution in [2.24, 2.45) is 4.99 Å². The number of morpholine rings is 1. The number of esters is 1. The molecule has 49 heavy (non-hydrogen) atoms. The lowest BCUT2D eigenvalue weighted by Gasteiger charge is -2.29. The number of halogens is 4. The van der Waals surface area contributed by atoms with E-state index in [1.807, 2.05) is 24.3 Å². The normalized spacial score (nSPS) is 16.6. The van der Waals surface area contributed by atoms with Crippen LogP contribution >= 0.6 is 0 Å². The first-order valence-electron chi connectivity index (χ1n) is 14.9. The van der Waals surface area contributed by atoms with Crippen LogP contribution in [0.4, 0.5) is 28.9 Å². The third-order valence-corrected chi connectivity index (χ3v) is 7.25. The number of nitrogens with one attached hydrogen (secondary N) is 5. The second kappa shape index (κ2) is 16.6. The lowest BCUT2D eigenvalue weighted by Crippen LogP contribution is -2.41. The molecule has 19 heteroatoms. The summed E-state index contributed by atoms with van der Waals surface area (Å²) in [5.74, 6) is -3.82. The predicted molar refractivity (Wildman–Crippen MR) is 168 cm³/mol. The molecule has 0 bridgehead atoms. The van der Waals surface area contributed by atoms with Gasteiger partial charge in [0.15, 0.2) is 5.96 Å². The Kier molecular flexibility index (Phi) is 12.3. The summed E-state index contributed by atoms with van der Waals surface area (Å²) in [5.41, 5.74) is 3.10. The van der Waals surface area contributed by atoms with E-state index in [2.05, 4.69) is 41.4 Å². The van der Waals surface area contributed by atoms with Crippen molar-refractivity contribution in [2.45, 2.75) is 24.8 Å². The molecule has 0 radical (unpaired) electrons. The van der Waals surface area contributed by atoms with Crippen LogP contribution in [0.3, 0.4) is 0 Å². The Bertz CT molecular complexity index is 1680. The summed E-state index contributed by atoms with van der Waals surface area (Å²) in [6, 6.07) is 10.2. The van der Waals surface area contributed by atoms with Gasteiger partial charge in [-0.3, -0.25) is 19.5 Å². The number of nitrogens with zero attached hydrogens (tertiary/aromatic N) is 3. The predicted octanol–water partition coefficient (Wildman–Crippen LogP) is 1.89. The number of hydrogen-bond donors (Lipinski definition) is 6. The van der Waals surface area contributed by atoms with Crippen LogP contribution in [-0.2, 0) is 23.9 Å². The van der Waals surface area contributed by atoms with E-state index in [1.165, 1.54) is 7.11 Å². The van der Waals surface area contributed by atoms with Gasteiger partial charge < -0.3 is 40.7 Å². The number of methoxy groups -OCH3 is 1. The van der Waals surface area contributed by atoms with Crippen molar-refractivity contribution in [1.29, 1.82) is 0 Å². The molecule has 2 aromatic carbocycles. The number of hydrogen-bond acceptors (Lipinski definition) is 11. The van der Waals surface area contributed by atoms with Crippen molar-refractivity contribution in [3.8, 4) is 0 Å². The van der Waals surface area contributed by atoms with Gasteiger partial charge in [0.05, 0.1) is 69.8 Å². The number of ether oxygens (including phenoxy) is 2. The number of carbonyl (C=O) groups is 4. The van der Waals surface area contributed by atoms with Crippen LogP contribution in [0.2, 0.25) is 0 Å². The Balaban J connectivity index is 0.000000698. The smallest absolute Gasteiger partial charge is 0.475 e. The van der Waals surface area contributed by atoms with E-state index in [-0.39, 0.29) is 31.6 Å². The average Bonchev–Trinajstić information content (AvgIpc) is 3.57. The van der Waals surface area contributed by atoms with E-state index in [0.717, 1.165) is 24.3 Å². The number of carboxylic acid groups (broad SMARTS) is 1. The minimum atomic E-state index is -5.08. The molecule has 3 heterocycles. The number of rotatable bonds is 9. The zero-order valence-corrected chi connectivity index (χ0v) is 26.1. The number of guanidine groups is 1. The highest BCUT2D eigenvalue weighted by atomic mass is 19.4. The summed E-state index contributed by atoms with van der Waals surface area (Å²) in [7, 11) is 1.29. The van der Waals surface area contributed by atoms with E-state index in [1.54, 1.807) is 18.3 Å². The van der Waals surface area contributed by atoms with E-state index < -0.39 is 42.1 Å². The summed E-state index contributed by atoms with van der Waals surface area (Å²) in [5, 5.41) is 26.2. The molecule has 2 aliphatic rings. The number of fused-ring (bicyclic) bond motifs is 1. The minimum absolute atomic E-state index is 0.0354. The molecular weight excluding hydrogens is 660 g/mol. The average molecular weight is 695 g/mol. The Morgan fingerprint density at radius 1 is 1.16 bits per heavy atom. The van der Waals surface area contributed by atoms with Crippen LogP contribution in [0.1, 0.15) is 28.4 Å². The van der Waals surface area contributed by atoms with Crippen LogP contribution in [0.25, 0.3) is 10.9 Å². The molecule has 5 rings (SSSR count). The molecule has 264 valence electrons. The number of aromatic amines is 1. The Labute approximate surface area is 276 Å². The molecule has 0 saturated carbocycles. The molecule has 1 unspecified atom stereocenters. The van der Waals surface area contributed by atoms with Gasteiger partial charge in [-0.2, -0.15) is 18.3 Å². The fourth-order valence-electron chi connectivity index (χ4n) is 4.79. The van der Waals surface area contributed by atoms with Gasteiger partial charge in [-0.25, -0.2) is 14.2 Å². The fourth-order valence-corrected chi connectivity index (χ4v) is 4.79. The maximum atomic E-state index is 13.4. The first-order chi connectivity index (χ1) is 23.3. The number of aliphatic carboxylic acids is 1. The van der Waals surface area contributed by atoms with E-state index >= 15 is 0 Å². The number of amides is 2. The van der Waals surface area contributed by atoms with Gasteiger partial charge in [0, 0.05) is 29.7 Å². The zero-order chi connectivity index (χ0) is 35.6. The van der Waals surface area contributed by atoms with Gasteiger partial charge in [0.25, 0.3) is 5.91 Å². The second-order valence-electron chi connectivity index (χ2n) is 10.7. The quantitative estimate of drug-likeness (QED) is 0.141. The highest BCUT2D eigenvalue weighted by Crippen LogP contribution is 2.26. The largest absolute Gasteiger partial charge is 0.490 e. The number of alkyl halides is 4. The molecule has 2 aliphatic heterocycles. The molecule has 1 saturated heterocycles. The number of benzene rings is 2. The Morgan fingerprint density at radius 3 is 2.55 bits per heavy atom. The van der Waals surface area contributed by atoms with Crippen LogP contribution in [0.15, 0.2) is 47.6 Å². The van der Waals surface area contributed by atoms with Crippen molar-refractivity contribution in [2.75, 3.05) is 63.3 Å².